The minimum atomic E-state index is 0.461. The molecule has 0 aromatic heterocycles. The van der Waals surface area contributed by atoms with Gasteiger partial charge in [-0.3, -0.25) is 0 Å². The van der Waals surface area contributed by atoms with Gasteiger partial charge in [0.1, 0.15) is 0 Å². The van der Waals surface area contributed by atoms with Crippen molar-refractivity contribution in [1.29, 1.82) is 0 Å². The summed E-state index contributed by atoms with van der Waals surface area (Å²) in [7, 11) is 0. The molecule has 4 bridgehead atoms. The topological polar surface area (TPSA) is 26.0 Å². The quantitative estimate of drug-likeness (QED) is 0.723. The molecule has 0 amide bonds. The van der Waals surface area contributed by atoms with Gasteiger partial charge in [0.05, 0.1) is 0 Å². The number of hydrogen-bond acceptors (Lipinski definition) is 1. The summed E-state index contributed by atoms with van der Waals surface area (Å²) < 4.78 is 0. The molecule has 5 aliphatic rings. The van der Waals surface area contributed by atoms with E-state index in [1.165, 1.54) is 32.1 Å². The van der Waals surface area contributed by atoms with Crippen molar-refractivity contribution in [2.75, 3.05) is 6.54 Å². The van der Waals surface area contributed by atoms with E-state index in [9.17, 15) is 0 Å². The summed E-state index contributed by atoms with van der Waals surface area (Å²) in [5.41, 5.74) is 7.35. The Labute approximate surface area is 105 Å². The summed E-state index contributed by atoms with van der Waals surface area (Å²) in [5, 5.41) is 0. The van der Waals surface area contributed by atoms with E-state index in [-0.39, 0.29) is 0 Å². The Kier molecular flexibility index (Phi) is 2.11. The van der Waals surface area contributed by atoms with Crippen molar-refractivity contribution in [3.05, 3.63) is 12.2 Å². The molecule has 1 heteroatoms. The molecule has 0 heterocycles. The van der Waals surface area contributed by atoms with Gasteiger partial charge in [-0.25, -0.2) is 0 Å². The molecule has 0 radical (unpaired) electrons. The van der Waals surface area contributed by atoms with E-state index in [1.807, 2.05) is 0 Å². The van der Waals surface area contributed by atoms with Crippen molar-refractivity contribution in [2.24, 2.45) is 34.3 Å². The van der Waals surface area contributed by atoms with E-state index < -0.39 is 0 Å². The SMILES string of the molecule is NCC1(C23CC4CC(CC(C4)C2)C3)CC=CC1. The normalized spacial score (nSPS) is 50.1. The lowest BCUT2D eigenvalue weighted by molar-refractivity contribution is -0.125. The molecule has 2 N–H and O–H groups in total. The van der Waals surface area contributed by atoms with Crippen LogP contribution in [0.1, 0.15) is 51.4 Å². The van der Waals surface area contributed by atoms with Gasteiger partial charge < -0.3 is 5.73 Å². The lowest BCUT2D eigenvalue weighted by Crippen LogP contribution is -2.56. The predicted octanol–water partition coefficient (Wildman–Crippen LogP) is 3.50. The highest BCUT2D eigenvalue weighted by Gasteiger charge is 2.59. The highest BCUT2D eigenvalue weighted by Crippen LogP contribution is 2.68. The maximum Gasteiger partial charge on any atom is -0.000925 e. The molecule has 0 aliphatic heterocycles. The predicted molar refractivity (Wildman–Crippen MR) is 70.5 cm³/mol. The van der Waals surface area contributed by atoms with Gasteiger partial charge in [-0.2, -0.15) is 0 Å². The smallest absolute Gasteiger partial charge is 0.000925 e. The van der Waals surface area contributed by atoms with E-state index in [0.717, 1.165) is 24.3 Å². The summed E-state index contributed by atoms with van der Waals surface area (Å²) in [6, 6.07) is 0. The first-order valence-electron chi connectivity index (χ1n) is 7.60. The van der Waals surface area contributed by atoms with Crippen LogP contribution in [0.4, 0.5) is 0 Å². The van der Waals surface area contributed by atoms with Crippen LogP contribution in [-0.4, -0.2) is 6.54 Å². The van der Waals surface area contributed by atoms with Crippen molar-refractivity contribution in [1.82, 2.24) is 0 Å². The second kappa shape index (κ2) is 3.38. The third-order valence-electron chi connectivity index (χ3n) is 6.74. The third-order valence-corrected chi connectivity index (χ3v) is 6.74. The monoisotopic (exact) mass is 231 g/mol. The summed E-state index contributed by atoms with van der Waals surface area (Å²) in [6.45, 7) is 0.923. The minimum absolute atomic E-state index is 0.461. The Morgan fingerprint density at radius 2 is 1.35 bits per heavy atom. The van der Waals surface area contributed by atoms with Crippen molar-refractivity contribution in [3.8, 4) is 0 Å². The summed E-state index contributed by atoms with van der Waals surface area (Å²) in [6.07, 6.45) is 16.5. The van der Waals surface area contributed by atoms with E-state index in [0.29, 0.717) is 10.8 Å². The lowest BCUT2D eigenvalue weighted by Gasteiger charge is -2.63. The van der Waals surface area contributed by atoms with Gasteiger partial charge in [0.25, 0.3) is 0 Å². The van der Waals surface area contributed by atoms with Crippen LogP contribution in [-0.2, 0) is 0 Å². The molecule has 0 aromatic carbocycles. The number of nitrogens with two attached hydrogens (primary N) is 1. The summed E-state index contributed by atoms with van der Waals surface area (Å²) >= 11 is 0. The van der Waals surface area contributed by atoms with Crippen molar-refractivity contribution < 1.29 is 0 Å². The molecule has 5 aliphatic carbocycles. The fraction of sp³-hybridized carbons (Fsp3) is 0.875. The molecule has 0 aromatic rings. The molecule has 0 saturated heterocycles. The fourth-order valence-corrected chi connectivity index (χ4v) is 6.28. The standard InChI is InChI=1S/C16H25N/c17-11-15(3-1-2-4-15)16-8-12-5-13(9-16)7-14(6-12)10-16/h1-2,12-14H,3-11,17H2. The van der Waals surface area contributed by atoms with Crippen LogP contribution in [0.15, 0.2) is 12.2 Å². The highest BCUT2D eigenvalue weighted by molar-refractivity contribution is 5.16. The molecular weight excluding hydrogens is 206 g/mol. The molecule has 0 spiro atoms. The van der Waals surface area contributed by atoms with Crippen molar-refractivity contribution in [3.63, 3.8) is 0 Å². The Morgan fingerprint density at radius 1 is 0.882 bits per heavy atom. The van der Waals surface area contributed by atoms with E-state index in [2.05, 4.69) is 12.2 Å². The zero-order valence-corrected chi connectivity index (χ0v) is 10.8. The second-order valence-corrected chi connectivity index (χ2v) is 7.56. The van der Waals surface area contributed by atoms with Crippen molar-refractivity contribution >= 4 is 0 Å². The summed E-state index contributed by atoms with van der Waals surface area (Å²) in [5.74, 6) is 3.18. The Balaban J connectivity index is 1.72. The molecule has 5 rings (SSSR count). The van der Waals surface area contributed by atoms with Crippen LogP contribution in [0.25, 0.3) is 0 Å². The van der Waals surface area contributed by atoms with Crippen LogP contribution >= 0.6 is 0 Å². The maximum absolute atomic E-state index is 6.25. The Bertz CT molecular complexity index is 311. The van der Waals surface area contributed by atoms with Gasteiger partial charge in [-0.05, 0) is 86.5 Å². The highest BCUT2D eigenvalue weighted by atomic mass is 14.7. The van der Waals surface area contributed by atoms with E-state index in [4.69, 9.17) is 5.73 Å². The lowest BCUT2D eigenvalue weighted by atomic mass is 9.42. The molecule has 17 heavy (non-hydrogen) atoms. The first-order chi connectivity index (χ1) is 8.25. The number of rotatable bonds is 2. The second-order valence-electron chi connectivity index (χ2n) is 7.56. The third kappa shape index (κ3) is 1.30. The minimum Gasteiger partial charge on any atom is -0.330 e. The van der Waals surface area contributed by atoms with Gasteiger partial charge in [-0.15, -0.1) is 0 Å². The first-order valence-corrected chi connectivity index (χ1v) is 7.60. The number of allylic oxidation sites excluding steroid dienone is 2. The Hall–Kier alpha value is -0.300. The van der Waals surface area contributed by atoms with Gasteiger partial charge in [0.15, 0.2) is 0 Å². The molecular formula is C16H25N. The fourth-order valence-electron chi connectivity index (χ4n) is 6.28. The maximum atomic E-state index is 6.25. The van der Waals surface area contributed by atoms with E-state index >= 15 is 0 Å². The van der Waals surface area contributed by atoms with Gasteiger partial charge in [0.2, 0.25) is 0 Å². The van der Waals surface area contributed by atoms with Gasteiger partial charge in [-0.1, -0.05) is 12.2 Å². The number of hydrogen-bond donors (Lipinski definition) is 1. The molecule has 0 unspecified atom stereocenters. The van der Waals surface area contributed by atoms with Crippen LogP contribution < -0.4 is 5.73 Å². The molecule has 94 valence electrons. The average molecular weight is 231 g/mol. The largest absolute Gasteiger partial charge is 0.330 e. The zero-order valence-electron chi connectivity index (χ0n) is 10.8. The van der Waals surface area contributed by atoms with Crippen LogP contribution in [0.3, 0.4) is 0 Å². The molecule has 4 fully saturated rings. The summed E-state index contributed by atoms with van der Waals surface area (Å²) in [4.78, 5) is 0. The van der Waals surface area contributed by atoms with Crippen molar-refractivity contribution in [2.45, 2.75) is 51.4 Å². The Morgan fingerprint density at radius 3 is 1.76 bits per heavy atom. The van der Waals surface area contributed by atoms with Crippen LogP contribution in [0, 0.1) is 28.6 Å². The first kappa shape index (κ1) is 10.6. The van der Waals surface area contributed by atoms with Gasteiger partial charge in [0, 0.05) is 0 Å². The van der Waals surface area contributed by atoms with Gasteiger partial charge >= 0.3 is 0 Å². The van der Waals surface area contributed by atoms with E-state index in [1.54, 1.807) is 19.3 Å². The van der Waals surface area contributed by atoms with Crippen LogP contribution in [0.5, 0.6) is 0 Å². The molecule has 4 saturated carbocycles. The molecule has 0 atom stereocenters. The zero-order chi connectivity index (χ0) is 11.5. The van der Waals surface area contributed by atoms with Crippen LogP contribution in [0.2, 0.25) is 0 Å². The average Bonchev–Trinajstić information content (AvgIpc) is 2.77. The molecule has 1 nitrogen and oxygen atoms in total.